The summed E-state index contributed by atoms with van der Waals surface area (Å²) in [7, 11) is 0. The molecule has 0 aromatic heterocycles. The molecule has 2 rings (SSSR count). The Labute approximate surface area is 119 Å². The molecule has 0 saturated carbocycles. The normalized spacial score (nSPS) is 19.3. The second kappa shape index (κ2) is 6.04. The Morgan fingerprint density at radius 3 is 2.95 bits per heavy atom. The number of ketones is 1. The van der Waals surface area contributed by atoms with Crippen LogP contribution in [0.2, 0.25) is 5.02 Å². The highest BCUT2D eigenvalue weighted by Gasteiger charge is 2.30. The zero-order valence-electron chi connectivity index (χ0n) is 11.5. The average molecular weight is 282 g/mol. The van der Waals surface area contributed by atoms with Gasteiger partial charge in [-0.05, 0) is 26.0 Å². The summed E-state index contributed by atoms with van der Waals surface area (Å²) in [6.45, 7) is 7.41. The Kier molecular flexibility index (Phi) is 4.61. The summed E-state index contributed by atoms with van der Waals surface area (Å²) in [4.78, 5) is 14.5. The van der Waals surface area contributed by atoms with Crippen LogP contribution < -0.4 is 0 Å². The van der Waals surface area contributed by atoms with E-state index in [1.54, 1.807) is 12.1 Å². The molecule has 1 fully saturated rings. The molecule has 0 atom stereocenters. The number of morpholine rings is 1. The molecule has 1 saturated heterocycles. The molecular formula is C15H20ClNO2. The Balaban J connectivity index is 1.93. The fourth-order valence-electron chi connectivity index (χ4n) is 2.35. The van der Waals surface area contributed by atoms with E-state index >= 15 is 0 Å². The van der Waals surface area contributed by atoms with Crippen molar-refractivity contribution >= 4 is 17.4 Å². The smallest absolute Gasteiger partial charge is 0.164 e. The van der Waals surface area contributed by atoms with Gasteiger partial charge in [0, 0.05) is 35.6 Å². The van der Waals surface area contributed by atoms with Crippen LogP contribution in [-0.4, -0.2) is 42.5 Å². The highest BCUT2D eigenvalue weighted by atomic mass is 35.5. The Hall–Kier alpha value is -0.900. The molecular weight excluding hydrogens is 262 g/mol. The van der Waals surface area contributed by atoms with Crippen LogP contribution in [0.1, 0.15) is 30.6 Å². The van der Waals surface area contributed by atoms with Crippen molar-refractivity contribution < 1.29 is 9.53 Å². The maximum atomic E-state index is 12.1. The lowest BCUT2D eigenvalue weighted by molar-refractivity contribution is -0.0502. The quantitative estimate of drug-likeness (QED) is 0.795. The topological polar surface area (TPSA) is 29.5 Å². The Morgan fingerprint density at radius 2 is 2.26 bits per heavy atom. The van der Waals surface area contributed by atoms with E-state index < -0.39 is 0 Å². The van der Waals surface area contributed by atoms with E-state index in [1.165, 1.54) is 0 Å². The molecule has 0 amide bonds. The number of carbonyl (C=O) groups excluding carboxylic acids is 1. The van der Waals surface area contributed by atoms with Crippen LogP contribution in [0.25, 0.3) is 0 Å². The Morgan fingerprint density at radius 1 is 1.47 bits per heavy atom. The SMILES string of the molecule is CC1(C)COCCN1CCC(=O)c1cccc(Cl)c1. The molecule has 1 heterocycles. The lowest BCUT2D eigenvalue weighted by Gasteiger charge is -2.42. The maximum Gasteiger partial charge on any atom is 0.164 e. The van der Waals surface area contributed by atoms with Crippen LogP contribution >= 0.6 is 11.6 Å². The van der Waals surface area contributed by atoms with E-state index in [2.05, 4.69) is 18.7 Å². The summed E-state index contributed by atoms with van der Waals surface area (Å²) in [5.41, 5.74) is 0.700. The summed E-state index contributed by atoms with van der Waals surface area (Å²) in [6, 6.07) is 7.14. The van der Waals surface area contributed by atoms with Gasteiger partial charge in [0.15, 0.2) is 5.78 Å². The van der Waals surface area contributed by atoms with E-state index in [0.717, 1.165) is 26.3 Å². The molecule has 1 aromatic rings. The summed E-state index contributed by atoms with van der Waals surface area (Å²) in [6.07, 6.45) is 0.518. The van der Waals surface area contributed by atoms with Crippen molar-refractivity contribution in [2.45, 2.75) is 25.8 Å². The third-order valence-corrected chi connectivity index (χ3v) is 3.81. The van der Waals surface area contributed by atoms with Crippen molar-refractivity contribution in [2.24, 2.45) is 0 Å². The second-order valence-electron chi connectivity index (χ2n) is 5.54. The molecule has 19 heavy (non-hydrogen) atoms. The zero-order chi connectivity index (χ0) is 13.9. The molecule has 104 valence electrons. The van der Waals surface area contributed by atoms with Crippen molar-refractivity contribution in [3.8, 4) is 0 Å². The van der Waals surface area contributed by atoms with Gasteiger partial charge in [-0.3, -0.25) is 9.69 Å². The molecule has 4 heteroatoms. The molecule has 0 radical (unpaired) electrons. The molecule has 3 nitrogen and oxygen atoms in total. The molecule has 1 aliphatic heterocycles. The van der Waals surface area contributed by atoms with Gasteiger partial charge in [0.2, 0.25) is 0 Å². The van der Waals surface area contributed by atoms with Gasteiger partial charge in [0.1, 0.15) is 0 Å². The summed E-state index contributed by atoms with van der Waals surface area (Å²) >= 11 is 5.90. The first kappa shape index (κ1) is 14.5. The summed E-state index contributed by atoms with van der Waals surface area (Å²) in [5.74, 6) is 0.143. The summed E-state index contributed by atoms with van der Waals surface area (Å²) < 4.78 is 5.48. The van der Waals surface area contributed by atoms with Gasteiger partial charge in [-0.15, -0.1) is 0 Å². The van der Waals surface area contributed by atoms with Crippen molar-refractivity contribution in [1.29, 1.82) is 0 Å². The Bertz CT molecular complexity index is 459. The third-order valence-electron chi connectivity index (χ3n) is 3.57. The number of halogens is 1. The van der Waals surface area contributed by atoms with Crippen LogP contribution in [0.15, 0.2) is 24.3 Å². The number of hydrogen-bond donors (Lipinski definition) is 0. The third kappa shape index (κ3) is 3.78. The predicted molar refractivity (Wildman–Crippen MR) is 76.9 cm³/mol. The first-order chi connectivity index (χ1) is 8.99. The van der Waals surface area contributed by atoms with Crippen LogP contribution in [0, 0.1) is 0 Å². The van der Waals surface area contributed by atoms with Crippen molar-refractivity contribution in [3.05, 3.63) is 34.9 Å². The molecule has 0 N–H and O–H groups in total. The number of Topliss-reactive ketones (excluding diaryl/α,β-unsaturated/α-hetero) is 1. The highest BCUT2D eigenvalue weighted by molar-refractivity contribution is 6.31. The molecule has 0 bridgehead atoms. The molecule has 0 unspecified atom stereocenters. The minimum Gasteiger partial charge on any atom is -0.378 e. The van der Waals surface area contributed by atoms with Crippen LogP contribution in [0.4, 0.5) is 0 Å². The molecule has 0 aliphatic carbocycles. The van der Waals surface area contributed by atoms with E-state index in [-0.39, 0.29) is 11.3 Å². The molecule has 1 aliphatic rings. The predicted octanol–water partition coefficient (Wildman–Crippen LogP) is 3.02. The lowest BCUT2D eigenvalue weighted by Crippen LogP contribution is -2.53. The molecule has 0 spiro atoms. The number of ether oxygens (including phenoxy) is 1. The van der Waals surface area contributed by atoms with Gasteiger partial charge in [-0.1, -0.05) is 23.7 Å². The maximum absolute atomic E-state index is 12.1. The monoisotopic (exact) mass is 281 g/mol. The van der Waals surface area contributed by atoms with Crippen LogP contribution in [0.5, 0.6) is 0 Å². The minimum absolute atomic E-state index is 0.00681. The van der Waals surface area contributed by atoms with Crippen molar-refractivity contribution in [3.63, 3.8) is 0 Å². The van der Waals surface area contributed by atoms with Crippen molar-refractivity contribution in [2.75, 3.05) is 26.3 Å². The van der Waals surface area contributed by atoms with E-state index in [0.29, 0.717) is 17.0 Å². The van der Waals surface area contributed by atoms with Crippen molar-refractivity contribution in [1.82, 2.24) is 4.90 Å². The first-order valence-electron chi connectivity index (χ1n) is 6.60. The standard InChI is InChI=1S/C15H20ClNO2/c1-15(2)11-19-9-8-17(15)7-6-14(18)12-4-3-5-13(16)10-12/h3-5,10H,6-9,11H2,1-2H3. The second-order valence-corrected chi connectivity index (χ2v) is 5.97. The van der Waals surface area contributed by atoms with Gasteiger partial charge >= 0.3 is 0 Å². The van der Waals surface area contributed by atoms with Gasteiger partial charge < -0.3 is 4.74 Å². The average Bonchev–Trinajstić information content (AvgIpc) is 2.36. The van der Waals surface area contributed by atoms with Crippen LogP contribution in [0.3, 0.4) is 0 Å². The molecule has 1 aromatic carbocycles. The highest BCUT2D eigenvalue weighted by Crippen LogP contribution is 2.20. The fraction of sp³-hybridized carbons (Fsp3) is 0.533. The van der Waals surface area contributed by atoms with Gasteiger partial charge in [-0.2, -0.15) is 0 Å². The van der Waals surface area contributed by atoms with Crippen LogP contribution in [-0.2, 0) is 4.74 Å². The number of carbonyl (C=O) groups is 1. The lowest BCUT2D eigenvalue weighted by atomic mass is 10.0. The first-order valence-corrected chi connectivity index (χ1v) is 6.98. The van der Waals surface area contributed by atoms with Gasteiger partial charge in [-0.25, -0.2) is 0 Å². The number of hydrogen-bond acceptors (Lipinski definition) is 3. The number of rotatable bonds is 4. The number of benzene rings is 1. The zero-order valence-corrected chi connectivity index (χ0v) is 12.2. The largest absolute Gasteiger partial charge is 0.378 e. The summed E-state index contributed by atoms with van der Waals surface area (Å²) in [5, 5.41) is 0.609. The van der Waals surface area contributed by atoms with Gasteiger partial charge in [0.05, 0.1) is 13.2 Å². The van der Waals surface area contributed by atoms with E-state index in [4.69, 9.17) is 16.3 Å². The minimum atomic E-state index is 0.00681. The van der Waals surface area contributed by atoms with E-state index in [9.17, 15) is 4.79 Å². The number of nitrogens with zero attached hydrogens (tertiary/aromatic N) is 1. The van der Waals surface area contributed by atoms with E-state index in [1.807, 2.05) is 12.1 Å². The fourth-order valence-corrected chi connectivity index (χ4v) is 2.54. The van der Waals surface area contributed by atoms with Gasteiger partial charge in [0.25, 0.3) is 0 Å².